The fraction of sp³-hybridized carbons (Fsp3) is 0.571. The third-order valence-corrected chi connectivity index (χ3v) is 3.17. The average Bonchev–Trinajstić information content (AvgIpc) is 3.21. The molecule has 0 aliphatic heterocycles. The first kappa shape index (κ1) is 13.0. The SMILES string of the molecule is O=C(CCCCO)N(Cc1ccccn1)C1CC1. The summed E-state index contributed by atoms with van der Waals surface area (Å²) < 4.78 is 0. The monoisotopic (exact) mass is 248 g/mol. The second-order valence-electron chi connectivity index (χ2n) is 4.75. The van der Waals surface area contributed by atoms with Crippen LogP contribution in [-0.2, 0) is 11.3 Å². The molecule has 1 aliphatic rings. The van der Waals surface area contributed by atoms with Gasteiger partial charge in [0.1, 0.15) is 0 Å². The number of carbonyl (C=O) groups is 1. The molecule has 0 unspecified atom stereocenters. The highest BCUT2D eigenvalue weighted by Crippen LogP contribution is 2.28. The summed E-state index contributed by atoms with van der Waals surface area (Å²) in [6.45, 7) is 0.778. The summed E-state index contributed by atoms with van der Waals surface area (Å²) in [7, 11) is 0. The second kappa shape index (κ2) is 6.50. The summed E-state index contributed by atoms with van der Waals surface area (Å²) in [5.41, 5.74) is 0.944. The number of aromatic nitrogens is 1. The summed E-state index contributed by atoms with van der Waals surface area (Å²) in [5.74, 6) is 0.191. The van der Waals surface area contributed by atoms with Gasteiger partial charge in [-0.3, -0.25) is 9.78 Å². The van der Waals surface area contributed by atoms with Gasteiger partial charge in [0.25, 0.3) is 0 Å². The number of rotatable bonds is 7. The number of aliphatic hydroxyl groups excluding tert-OH is 1. The summed E-state index contributed by atoms with van der Waals surface area (Å²) >= 11 is 0. The zero-order valence-corrected chi connectivity index (χ0v) is 10.6. The molecule has 2 rings (SSSR count). The molecule has 1 N–H and O–H groups in total. The molecule has 1 aromatic rings. The van der Waals surface area contributed by atoms with Crippen molar-refractivity contribution in [3.8, 4) is 0 Å². The standard InChI is InChI=1S/C14H20N2O2/c17-10-4-2-6-14(18)16(13-7-8-13)11-12-5-1-3-9-15-12/h1,3,5,9,13,17H,2,4,6-8,10-11H2. The topological polar surface area (TPSA) is 53.4 Å². The van der Waals surface area contributed by atoms with Crippen LogP contribution in [0.25, 0.3) is 0 Å². The lowest BCUT2D eigenvalue weighted by Crippen LogP contribution is -2.32. The van der Waals surface area contributed by atoms with E-state index < -0.39 is 0 Å². The van der Waals surface area contributed by atoms with Crippen LogP contribution < -0.4 is 0 Å². The Morgan fingerprint density at radius 1 is 1.39 bits per heavy atom. The highest BCUT2D eigenvalue weighted by Gasteiger charge is 2.32. The van der Waals surface area contributed by atoms with E-state index in [0.717, 1.165) is 25.0 Å². The van der Waals surface area contributed by atoms with E-state index in [1.165, 1.54) is 0 Å². The van der Waals surface area contributed by atoms with Crippen molar-refractivity contribution in [2.45, 2.75) is 44.7 Å². The molecule has 4 nitrogen and oxygen atoms in total. The maximum absolute atomic E-state index is 12.1. The van der Waals surface area contributed by atoms with Gasteiger partial charge in [-0.1, -0.05) is 6.07 Å². The van der Waals surface area contributed by atoms with E-state index in [2.05, 4.69) is 4.98 Å². The van der Waals surface area contributed by atoms with Crippen molar-refractivity contribution in [2.75, 3.05) is 6.61 Å². The maximum atomic E-state index is 12.1. The number of amides is 1. The first-order chi connectivity index (χ1) is 8.81. The third kappa shape index (κ3) is 3.81. The quantitative estimate of drug-likeness (QED) is 0.748. The van der Waals surface area contributed by atoms with Crippen LogP contribution in [0.5, 0.6) is 0 Å². The minimum absolute atomic E-state index is 0.164. The van der Waals surface area contributed by atoms with Crippen molar-refractivity contribution < 1.29 is 9.90 Å². The van der Waals surface area contributed by atoms with E-state index in [4.69, 9.17) is 5.11 Å². The van der Waals surface area contributed by atoms with E-state index in [1.54, 1.807) is 6.20 Å². The predicted molar refractivity (Wildman–Crippen MR) is 68.7 cm³/mol. The summed E-state index contributed by atoms with van der Waals surface area (Å²) in [6, 6.07) is 6.20. The van der Waals surface area contributed by atoms with Gasteiger partial charge in [-0.15, -0.1) is 0 Å². The van der Waals surface area contributed by atoms with Crippen LogP contribution in [0, 0.1) is 0 Å². The van der Waals surface area contributed by atoms with Crippen LogP contribution in [0.15, 0.2) is 24.4 Å². The molecule has 0 aromatic carbocycles. The molecule has 1 fully saturated rings. The van der Waals surface area contributed by atoms with Gasteiger partial charge in [0, 0.05) is 25.3 Å². The number of hydrogen-bond donors (Lipinski definition) is 1. The predicted octanol–water partition coefficient (Wildman–Crippen LogP) is 1.74. The molecule has 0 atom stereocenters. The van der Waals surface area contributed by atoms with Gasteiger partial charge in [-0.05, 0) is 37.8 Å². The van der Waals surface area contributed by atoms with E-state index in [9.17, 15) is 4.79 Å². The lowest BCUT2D eigenvalue weighted by molar-refractivity contribution is -0.132. The maximum Gasteiger partial charge on any atom is 0.223 e. The normalized spacial score (nSPS) is 14.5. The van der Waals surface area contributed by atoms with Gasteiger partial charge in [0.05, 0.1) is 12.2 Å². The molecule has 1 aliphatic carbocycles. The van der Waals surface area contributed by atoms with Crippen molar-refractivity contribution in [3.63, 3.8) is 0 Å². The molecule has 1 saturated carbocycles. The van der Waals surface area contributed by atoms with Gasteiger partial charge in [-0.2, -0.15) is 0 Å². The van der Waals surface area contributed by atoms with Crippen molar-refractivity contribution >= 4 is 5.91 Å². The van der Waals surface area contributed by atoms with Crippen LogP contribution in [0.3, 0.4) is 0 Å². The van der Waals surface area contributed by atoms with E-state index in [-0.39, 0.29) is 12.5 Å². The Morgan fingerprint density at radius 3 is 2.83 bits per heavy atom. The molecule has 1 heterocycles. The molecule has 1 amide bonds. The van der Waals surface area contributed by atoms with E-state index in [1.807, 2.05) is 23.1 Å². The Hall–Kier alpha value is -1.42. The van der Waals surface area contributed by atoms with Crippen LogP contribution in [-0.4, -0.2) is 33.5 Å². The molecule has 0 radical (unpaired) electrons. The number of unbranched alkanes of at least 4 members (excludes halogenated alkanes) is 1. The largest absolute Gasteiger partial charge is 0.396 e. The lowest BCUT2D eigenvalue weighted by atomic mass is 10.2. The van der Waals surface area contributed by atoms with Crippen LogP contribution in [0.2, 0.25) is 0 Å². The van der Waals surface area contributed by atoms with Gasteiger partial charge in [0.15, 0.2) is 0 Å². The average molecular weight is 248 g/mol. The molecule has 0 bridgehead atoms. The zero-order chi connectivity index (χ0) is 12.8. The van der Waals surface area contributed by atoms with E-state index >= 15 is 0 Å². The van der Waals surface area contributed by atoms with Crippen molar-refractivity contribution in [3.05, 3.63) is 30.1 Å². The second-order valence-corrected chi connectivity index (χ2v) is 4.75. The number of nitrogens with zero attached hydrogens (tertiary/aromatic N) is 2. The molecule has 0 saturated heterocycles. The minimum atomic E-state index is 0.164. The van der Waals surface area contributed by atoms with E-state index in [0.29, 0.717) is 25.4 Å². The van der Waals surface area contributed by atoms with Crippen molar-refractivity contribution in [2.24, 2.45) is 0 Å². The van der Waals surface area contributed by atoms with Crippen LogP contribution >= 0.6 is 0 Å². The van der Waals surface area contributed by atoms with Gasteiger partial charge in [-0.25, -0.2) is 0 Å². The number of aliphatic hydroxyl groups is 1. The highest BCUT2D eigenvalue weighted by atomic mass is 16.3. The van der Waals surface area contributed by atoms with Crippen LogP contribution in [0.1, 0.15) is 37.8 Å². The molecular formula is C14H20N2O2. The molecule has 98 valence electrons. The Kier molecular flexibility index (Phi) is 4.70. The molecular weight excluding hydrogens is 228 g/mol. The van der Waals surface area contributed by atoms with Crippen molar-refractivity contribution in [1.82, 2.24) is 9.88 Å². The zero-order valence-electron chi connectivity index (χ0n) is 10.6. The van der Waals surface area contributed by atoms with Crippen molar-refractivity contribution in [1.29, 1.82) is 0 Å². The fourth-order valence-electron chi connectivity index (χ4n) is 2.00. The van der Waals surface area contributed by atoms with Gasteiger partial charge in [0.2, 0.25) is 5.91 Å². The minimum Gasteiger partial charge on any atom is -0.396 e. The number of carbonyl (C=O) groups excluding carboxylic acids is 1. The summed E-state index contributed by atoms with van der Waals surface area (Å²) in [4.78, 5) is 18.3. The smallest absolute Gasteiger partial charge is 0.223 e. The Balaban J connectivity index is 1.89. The molecule has 18 heavy (non-hydrogen) atoms. The van der Waals surface area contributed by atoms with Gasteiger partial charge >= 0.3 is 0 Å². The fourth-order valence-corrected chi connectivity index (χ4v) is 2.00. The lowest BCUT2D eigenvalue weighted by Gasteiger charge is -2.22. The number of hydrogen-bond acceptors (Lipinski definition) is 3. The summed E-state index contributed by atoms with van der Waals surface area (Å²) in [5, 5.41) is 8.74. The first-order valence-corrected chi connectivity index (χ1v) is 6.61. The van der Waals surface area contributed by atoms with Gasteiger partial charge < -0.3 is 10.0 Å². The first-order valence-electron chi connectivity index (χ1n) is 6.61. The molecule has 4 heteroatoms. The molecule has 1 aromatic heterocycles. The Bertz CT molecular complexity index is 377. The third-order valence-electron chi connectivity index (χ3n) is 3.17. The Morgan fingerprint density at radius 2 is 2.22 bits per heavy atom. The number of pyridine rings is 1. The van der Waals surface area contributed by atoms with Crippen LogP contribution in [0.4, 0.5) is 0 Å². The summed E-state index contributed by atoms with van der Waals surface area (Å²) in [6.07, 6.45) is 5.98. The highest BCUT2D eigenvalue weighted by molar-refractivity contribution is 5.76. The molecule has 0 spiro atoms. The Labute approximate surface area is 108 Å².